The quantitative estimate of drug-likeness (QED) is 0.0796. The van der Waals surface area contributed by atoms with Crippen molar-refractivity contribution in [3.8, 4) is 0 Å². The van der Waals surface area contributed by atoms with Crippen LogP contribution < -0.4 is 0 Å². The Kier molecular flexibility index (Phi) is 15.7. The SMILES string of the molecule is CCCCCCCCCCCCCCOC(=C\F)/C(F)=C(F)\C(=C\F)S(=O)(=O)[O-]. The third-order valence-corrected chi connectivity index (χ3v) is 5.16. The molecule has 0 aliphatic carbocycles. The maximum absolute atomic E-state index is 13.7. The highest BCUT2D eigenvalue weighted by Crippen LogP contribution is 2.27. The molecule has 0 aliphatic rings. The molecule has 0 aromatic heterocycles. The average molecular weight is 444 g/mol. The predicted molar refractivity (Wildman–Crippen MR) is 104 cm³/mol. The molecule has 0 aliphatic heterocycles. The van der Waals surface area contributed by atoms with E-state index in [4.69, 9.17) is 4.74 Å². The molecule has 0 rings (SSSR count). The normalized spacial score (nSPS) is 14.1. The van der Waals surface area contributed by atoms with Crippen LogP contribution in [-0.4, -0.2) is 19.6 Å². The van der Waals surface area contributed by atoms with E-state index in [-0.39, 0.29) is 6.61 Å². The van der Waals surface area contributed by atoms with Crippen molar-refractivity contribution in [3.63, 3.8) is 0 Å². The molecule has 0 unspecified atom stereocenters. The Balaban J connectivity index is 4.07. The summed E-state index contributed by atoms with van der Waals surface area (Å²) in [6.45, 7) is 2.05. The number of allylic oxidation sites excluding steroid dienone is 2. The van der Waals surface area contributed by atoms with Gasteiger partial charge in [-0.1, -0.05) is 77.6 Å². The Labute approximate surface area is 171 Å². The van der Waals surface area contributed by atoms with E-state index in [0.29, 0.717) is 6.42 Å². The summed E-state index contributed by atoms with van der Waals surface area (Å²) in [5, 5.41) is 0. The monoisotopic (exact) mass is 443 g/mol. The first-order valence-electron chi connectivity index (χ1n) is 10.0. The molecule has 0 fully saturated rings. The fourth-order valence-corrected chi connectivity index (χ4v) is 3.11. The Morgan fingerprint density at radius 1 is 0.793 bits per heavy atom. The lowest BCUT2D eigenvalue weighted by Gasteiger charge is -2.11. The highest BCUT2D eigenvalue weighted by Gasteiger charge is 2.22. The van der Waals surface area contributed by atoms with Gasteiger partial charge in [0.25, 0.3) is 0 Å². The maximum atomic E-state index is 13.7. The molecule has 0 saturated carbocycles. The molecule has 29 heavy (non-hydrogen) atoms. The molecule has 0 atom stereocenters. The van der Waals surface area contributed by atoms with Crippen molar-refractivity contribution < 1.29 is 35.3 Å². The van der Waals surface area contributed by atoms with E-state index >= 15 is 0 Å². The molecule has 0 radical (unpaired) electrons. The van der Waals surface area contributed by atoms with Crippen molar-refractivity contribution in [3.05, 3.63) is 35.0 Å². The van der Waals surface area contributed by atoms with E-state index in [9.17, 15) is 30.5 Å². The molecule has 170 valence electrons. The first kappa shape index (κ1) is 27.6. The van der Waals surface area contributed by atoms with Gasteiger partial charge in [0.1, 0.15) is 27.7 Å². The van der Waals surface area contributed by atoms with E-state index in [1.807, 2.05) is 0 Å². The molecular formula is C20H31F4O4S-. The molecule has 0 amide bonds. The number of rotatable bonds is 17. The Bertz CT molecular complexity index is 643. The van der Waals surface area contributed by atoms with E-state index in [0.717, 1.165) is 25.7 Å². The highest BCUT2D eigenvalue weighted by molar-refractivity contribution is 7.90. The fraction of sp³-hybridized carbons (Fsp3) is 0.700. The van der Waals surface area contributed by atoms with Crippen LogP contribution >= 0.6 is 0 Å². The first-order chi connectivity index (χ1) is 13.8. The van der Waals surface area contributed by atoms with Gasteiger partial charge in [-0.05, 0) is 6.42 Å². The zero-order valence-corrected chi connectivity index (χ0v) is 17.7. The molecule has 0 aromatic rings. The summed E-state index contributed by atoms with van der Waals surface area (Å²) < 4.78 is 89.1. The average Bonchev–Trinajstić information content (AvgIpc) is 2.67. The second-order valence-corrected chi connectivity index (χ2v) is 8.11. The van der Waals surface area contributed by atoms with E-state index in [1.54, 1.807) is 0 Å². The van der Waals surface area contributed by atoms with Gasteiger partial charge in [-0.2, -0.15) is 4.39 Å². The van der Waals surface area contributed by atoms with Gasteiger partial charge in [0.05, 0.1) is 6.61 Å². The number of halogens is 4. The first-order valence-corrected chi connectivity index (χ1v) is 11.5. The van der Waals surface area contributed by atoms with Crippen molar-refractivity contribution in [1.82, 2.24) is 0 Å². The van der Waals surface area contributed by atoms with Crippen LogP contribution in [-0.2, 0) is 14.9 Å². The zero-order valence-electron chi connectivity index (χ0n) is 16.9. The molecular weight excluding hydrogens is 412 g/mol. The summed E-state index contributed by atoms with van der Waals surface area (Å²) in [6.07, 6.45) is 11.7. The summed E-state index contributed by atoms with van der Waals surface area (Å²) in [4.78, 5) is -2.05. The van der Waals surface area contributed by atoms with Gasteiger partial charge in [0.2, 0.25) is 5.83 Å². The Hall–Kier alpha value is -1.35. The minimum absolute atomic E-state index is 0.132. The van der Waals surface area contributed by atoms with Crippen LogP contribution in [0.2, 0.25) is 0 Å². The fourth-order valence-electron chi connectivity index (χ4n) is 2.70. The summed E-state index contributed by atoms with van der Waals surface area (Å²) in [6, 6.07) is 0. The van der Waals surface area contributed by atoms with Crippen LogP contribution in [0.4, 0.5) is 17.6 Å². The van der Waals surface area contributed by atoms with Crippen molar-refractivity contribution >= 4 is 10.1 Å². The van der Waals surface area contributed by atoms with Gasteiger partial charge in [0, 0.05) is 0 Å². The number of hydrogen-bond donors (Lipinski definition) is 0. The van der Waals surface area contributed by atoms with Crippen LogP contribution in [0.3, 0.4) is 0 Å². The molecule has 0 saturated heterocycles. The summed E-state index contributed by atoms with van der Waals surface area (Å²) in [7, 11) is -5.59. The highest BCUT2D eigenvalue weighted by atomic mass is 32.2. The topological polar surface area (TPSA) is 66.4 Å². The van der Waals surface area contributed by atoms with E-state index < -0.39 is 45.1 Å². The molecule has 0 heterocycles. The molecule has 0 aromatic carbocycles. The van der Waals surface area contributed by atoms with Gasteiger partial charge in [0.15, 0.2) is 11.6 Å². The van der Waals surface area contributed by atoms with Crippen molar-refractivity contribution in [2.75, 3.05) is 6.61 Å². The molecule has 9 heteroatoms. The minimum Gasteiger partial charge on any atom is -0.744 e. The van der Waals surface area contributed by atoms with Gasteiger partial charge >= 0.3 is 0 Å². The van der Waals surface area contributed by atoms with Crippen LogP contribution in [0.15, 0.2) is 35.0 Å². The lowest BCUT2D eigenvalue weighted by Crippen LogP contribution is -2.05. The molecule has 0 N–H and O–H groups in total. The molecule has 0 bridgehead atoms. The molecule has 0 spiro atoms. The number of ether oxygens (including phenoxy) is 1. The Morgan fingerprint density at radius 2 is 1.24 bits per heavy atom. The molecule has 4 nitrogen and oxygen atoms in total. The van der Waals surface area contributed by atoms with Crippen molar-refractivity contribution in [2.24, 2.45) is 0 Å². The summed E-state index contributed by atoms with van der Waals surface area (Å²) in [5.74, 6) is -5.65. The van der Waals surface area contributed by atoms with E-state index in [1.165, 1.54) is 44.9 Å². The summed E-state index contributed by atoms with van der Waals surface area (Å²) >= 11 is 0. The van der Waals surface area contributed by atoms with Crippen molar-refractivity contribution in [1.29, 1.82) is 0 Å². The van der Waals surface area contributed by atoms with Gasteiger partial charge in [-0.3, -0.25) is 0 Å². The second-order valence-electron chi connectivity index (χ2n) is 6.77. The standard InChI is InChI=1S/C20H32F4O4S/c1-2-3-4-5-6-7-8-9-10-11-12-13-14-28-17(15-21)19(23)20(24)18(16-22)29(25,26)27/h15-16H,2-14H2,1H3,(H,25,26,27)/p-1/b17-15-,18-16-,20-19-. The van der Waals surface area contributed by atoms with Crippen molar-refractivity contribution in [2.45, 2.75) is 84.0 Å². The van der Waals surface area contributed by atoms with Crippen LogP contribution in [0, 0.1) is 0 Å². The van der Waals surface area contributed by atoms with Crippen LogP contribution in [0.5, 0.6) is 0 Å². The van der Waals surface area contributed by atoms with E-state index in [2.05, 4.69) is 6.92 Å². The van der Waals surface area contributed by atoms with Gasteiger partial charge in [-0.25, -0.2) is 21.6 Å². The second kappa shape index (κ2) is 16.4. The zero-order chi connectivity index (χ0) is 22.1. The number of hydrogen-bond acceptors (Lipinski definition) is 4. The predicted octanol–water partition coefficient (Wildman–Crippen LogP) is 7.02. The lowest BCUT2D eigenvalue weighted by molar-refractivity contribution is 0.194. The van der Waals surface area contributed by atoms with Gasteiger partial charge < -0.3 is 9.29 Å². The minimum atomic E-state index is -5.59. The largest absolute Gasteiger partial charge is 0.744 e. The Morgan fingerprint density at radius 3 is 1.62 bits per heavy atom. The number of unbranched alkanes of at least 4 members (excludes halogenated alkanes) is 11. The third-order valence-electron chi connectivity index (χ3n) is 4.35. The maximum Gasteiger partial charge on any atom is 0.204 e. The third kappa shape index (κ3) is 12.7. The smallest absolute Gasteiger partial charge is 0.204 e. The lowest BCUT2D eigenvalue weighted by atomic mass is 10.1. The van der Waals surface area contributed by atoms with Crippen LogP contribution in [0.25, 0.3) is 0 Å². The summed E-state index contributed by atoms with van der Waals surface area (Å²) in [5.41, 5.74) is 0. The van der Waals surface area contributed by atoms with Crippen LogP contribution in [0.1, 0.15) is 84.0 Å². The van der Waals surface area contributed by atoms with Gasteiger partial charge in [-0.15, -0.1) is 0 Å².